The molecule has 2 atom stereocenters. The van der Waals surface area contributed by atoms with Crippen LogP contribution in [0.3, 0.4) is 0 Å². The van der Waals surface area contributed by atoms with Gasteiger partial charge in [-0.3, -0.25) is 4.79 Å². The van der Waals surface area contributed by atoms with Crippen LogP contribution in [-0.2, 0) is 4.79 Å². The van der Waals surface area contributed by atoms with Gasteiger partial charge in [0.25, 0.3) is 0 Å². The van der Waals surface area contributed by atoms with Gasteiger partial charge < -0.3 is 20.4 Å². The van der Waals surface area contributed by atoms with Gasteiger partial charge in [0.15, 0.2) is 0 Å². The van der Waals surface area contributed by atoms with Gasteiger partial charge in [0.2, 0.25) is 0 Å². The number of urea groups is 1. The first kappa shape index (κ1) is 16.8. The molecule has 1 heterocycles. The van der Waals surface area contributed by atoms with Crippen LogP contribution >= 0.6 is 0 Å². The number of hydrogen-bond donors (Lipinski definition) is 3. The van der Waals surface area contributed by atoms with Crippen molar-refractivity contribution in [2.24, 2.45) is 0 Å². The van der Waals surface area contributed by atoms with Crippen LogP contribution in [0, 0.1) is 0 Å². The van der Waals surface area contributed by atoms with Crippen LogP contribution in [0.25, 0.3) is 0 Å². The highest BCUT2D eigenvalue weighted by Crippen LogP contribution is 2.21. The molecule has 1 fully saturated rings. The highest BCUT2D eigenvalue weighted by molar-refractivity contribution is 5.75. The van der Waals surface area contributed by atoms with E-state index in [1.165, 1.54) is 6.92 Å². The number of likely N-dealkylation sites (tertiary alicyclic amines) is 1. The SMILES string of the molecule is CCCC1CCCCN1C(=O)NCC(C)(O)CC(=O)O. The Morgan fingerprint density at radius 2 is 2.10 bits per heavy atom. The lowest BCUT2D eigenvalue weighted by atomic mass is 9.98. The van der Waals surface area contributed by atoms with E-state index in [2.05, 4.69) is 12.2 Å². The molecule has 3 N–H and O–H groups in total. The van der Waals surface area contributed by atoms with Crippen molar-refractivity contribution in [2.75, 3.05) is 13.1 Å². The largest absolute Gasteiger partial charge is 0.481 e. The van der Waals surface area contributed by atoms with E-state index in [0.717, 1.165) is 38.6 Å². The number of rotatable bonds is 6. The zero-order valence-corrected chi connectivity index (χ0v) is 12.4. The molecule has 1 aliphatic rings. The molecule has 0 bridgehead atoms. The van der Waals surface area contributed by atoms with E-state index in [9.17, 15) is 14.7 Å². The molecule has 0 radical (unpaired) electrons. The predicted molar refractivity (Wildman–Crippen MR) is 75.5 cm³/mol. The zero-order valence-electron chi connectivity index (χ0n) is 12.4. The molecule has 0 aromatic carbocycles. The number of aliphatic carboxylic acids is 1. The number of nitrogens with one attached hydrogen (secondary N) is 1. The minimum absolute atomic E-state index is 0.0481. The lowest BCUT2D eigenvalue weighted by molar-refractivity contribution is -0.141. The number of carboxylic acids is 1. The number of nitrogens with zero attached hydrogens (tertiary/aromatic N) is 1. The Bertz CT molecular complexity index is 342. The minimum Gasteiger partial charge on any atom is -0.481 e. The summed E-state index contributed by atoms with van der Waals surface area (Å²) in [5.41, 5.74) is -1.42. The van der Waals surface area contributed by atoms with Crippen LogP contribution in [0.1, 0.15) is 52.4 Å². The molecular formula is C14H26N2O4. The van der Waals surface area contributed by atoms with Crippen LogP contribution in [0.4, 0.5) is 4.79 Å². The molecule has 20 heavy (non-hydrogen) atoms. The Morgan fingerprint density at radius 3 is 2.70 bits per heavy atom. The van der Waals surface area contributed by atoms with Crippen molar-refractivity contribution in [1.82, 2.24) is 10.2 Å². The summed E-state index contributed by atoms with van der Waals surface area (Å²) in [6, 6.07) is 0.0620. The number of aliphatic hydroxyl groups is 1. The van der Waals surface area contributed by atoms with Crippen molar-refractivity contribution in [3.8, 4) is 0 Å². The molecule has 6 nitrogen and oxygen atoms in total. The second-order valence-electron chi connectivity index (χ2n) is 5.86. The monoisotopic (exact) mass is 286 g/mol. The van der Waals surface area contributed by atoms with Crippen molar-refractivity contribution in [1.29, 1.82) is 0 Å². The number of amides is 2. The van der Waals surface area contributed by atoms with Crippen LogP contribution in [0.5, 0.6) is 0 Å². The summed E-state index contributed by atoms with van der Waals surface area (Å²) >= 11 is 0. The van der Waals surface area contributed by atoms with E-state index in [1.54, 1.807) is 0 Å². The Hall–Kier alpha value is -1.30. The molecule has 0 aromatic rings. The number of carboxylic acid groups (broad SMARTS) is 1. The van der Waals surface area contributed by atoms with Crippen molar-refractivity contribution >= 4 is 12.0 Å². The Balaban J connectivity index is 2.49. The van der Waals surface area contributed by atoms with Crippen LogP contribution in [-0.4, -0.2) is 51.8 Å². The molecule has 2 amide bonds. The number of carbonyl (C=O) groups is 2. The molecule has 1 aliphatic heterocycles. The molecule has 116 valence electrons. The molecule has 1 saturated heterocycles. The average Bonchev–Trinajstić information content (AvgIpc) is 2.36. The molecule has 0 spiro atoms. The second-order valence-corrected chi connectivity index (χ2v) is 5.86. The van der Waals surface area contributed by atoms with Gasteiger partial charge in [-0.2, -0.15) is 0 Å². The summed E-state index contributed by atoms with van der Waals surface area (Å²) in [5.74, 6) is -1.08. The lowest BCUT2D eigenvalue weighted by Gasteiger charge is -2.36. The van der Waals surface area contributed by atoms with Crippen molar-refractivity contribution in [3.05, 3.63) is 0 Å². The van der Waals surface area contributed by atoms with E-state index >= 15 is 0 Å². The maximum absolute atomic E-state index is 12.2. The molecule has 1 rings (SSSR count). The van der Waals surface area contributed by atoms with Crippen molar-refractivity contribution < 1.29 is 19.8 Å². The minimum atomic E-state index is -1.42. The van der Waals surface area contributed by atoms with E-state index < -0.39 is 11.6 Å². The summed E-state index contributed by atoms with van der Waals surface area (Å²) in [6.45, 7) is 4.20. The Morgan fingerprint density at radius 1 is 1.40 bits per heavy atom. The third kappa shape index (κ3) is 5.36. The van der Waals surface area contributed by atoms with Gasteiger partial charge in [-0.05, 0) is 32.6 Å². The fourth-order valence-electron chi connectivity index (χ4n) is 2.66. The summed E-state index contributed by atoms with van der Waals surface area (Å²) in [4.78, 5) is 24.6. The predicted octanol–water partition coefficient (Wildman–Crippen LogP) is 1.58. The Labute approximate surface area is 120 Å². The second kappa shape index (κ2) is 7.47. The highest BCUT2D eigenvalue weighted by atomic mass is 16.4. The van der Waals surface area contributed by atoms with Gasteiger partial charge in [0, 0.05) is 19.1 Å². The molecule has 0 saturated carbocycles. The summed E-state index contributed by atoms with van der Waals surface area (Å²) in [6.07, 6.45) is 4.80. The Kier molecular flexibility index (Phi) is 6.26. The van der Waals surface area contributed by atoms with Gasteiger partial charge >= 0.3 is 12.0 Å². The van der Waals surface area contributed by atoms with Crippen LogP contribution in [0.15, 0.2) is 0 Å². The quantitative estimate of drug-likeness (QED) is 0.691. The summed E-state index contributed by atoms with van der Waals surface area (Å²) < 4.78 is 0. The zero-order chi connectivity index (χ0) is 15.2. The number of piperidine rings is 1. The van der Waals surface area contributed by atoms with E-state index in [1.807, 2.05) is 4.90 Å². The third-order valence-electron chi connectivity index (χ3n) is 3.66. The van der Waals surface area contributed by atoms with Gasteiger partial charge in [-0.25, -0.2) is 4.79 Å². The molecule has 0 aliphatic carbocycles. The maximum atomic E-state index is 12.2. The molecule has 0 aromatic heterocycles. The van der Waals surface area contributed by atoms with Gasteiger partial charge in [-0.1, -0.05) is 13.3 Å². The standard InChI is InChI=1S/C14H26N2O4/c1-3-6-11-7-4-5-8-16(11)13(19)15-10-14(2,20)9-12(17)18/h11,20H,3-10H2,1-2H3,(H,15,19)(H,17,18). The normalized spacial score (nSPS) is 22.1. The van der Waals surface area contributed by atoms with Gasteiger partial charge in [0.05, 0.1) is 12.0 Å². The topological polar surface area (TPSA) is 89.9 Å². The number of carbonyl (C=O) groups excluding carboxylic acids is 1. The van der Waals surface area contributed by atoms with Gasteiger partial charge in [-0.15, -0.1) is 0 Å². The fraction of sp³-hybridized carbons (Fsp3) is 0.857. The first-order valence-corrected chi connectivity index (χ1v) is 7.34. The fourth-order valence-corrected chi connectivity index (χ4v) is 2.66. The van der Waals surface area contributed by atoms with Crippen LogP contribution < -0.4 is 5.32 Å². The van der Waals surface area contributed by atoms with E-state index in [-0.39, 0.29) is 25.0 Å². The van der Waals surface area contributed by atoms with Crippen LogP contribution in [0.2, 0.25) is 0 Å². The summed E-state index contributed by atoms with van der Waals surface area (Å²) in [5, 5.41) is 21.2. The first-order valence-electron chi connectivity index (χ1n) is 7.34. The number of hydrogen-bond acceptors (Lipinski definition) is 3. The van der Waals surface area contributed by atoms with E-state index in [4.69, 9.17) is 5.11 Å². The third-order valence-corrected chi connectivity index (χ3v) is 3.66. The van der Waals surface area contributed by atoms with Gasteiger partial charge in [0.1, 0.15) is 0 Å². The molecule has 2 unspecified atom stereocenters. The maximum Gasteiger partial charge on any atom is 0.317 e. The molecule has 6 heteroatoms. The smallest absolute Gasteiger partial charge is 0.317 e. The summed E-state index contributed by atoms with van der Waals surface area (Å²) in [7, 11) is 0. The van der Waals surface area contributed by atoms with Crippen molar-refractivity contribution in [3.63, 3.8) is 0 Å². The average molecular weight is 286 g/mol. The first-order chi connectivity index (χ1) is 9.35. The van der Waals surface area contributed by atoms with E-state index in [0.29, 0.717) is 0 Å². The van der Waals surface area contributed by atoms with Crippen molar-refractivity contribution in [2.45, 2.75) is 64.0 Å². The highest BCUT2D eigenvalue weighted by Gasteiger charge is 2.29. The molecular weight excluding hydrogens is 260 g/mol. The lowest BCUT2D eigenvalue weighted by Crippen LogP contribution is -2.52.